The van der Waals surface area contributed by atoms with Gasteiger partial charge in [-0.15, -0.1) is 0 Å². The van der Waals surface area contributed by atoms with Gasteiger partial charge in [-0.05, 0) is 73.2 Å². The van der Waals surface area contributed by atoms with Gasteiger partial charge < -0.3 is 5.32 Å². The number of hydrogen-bond acceptors (Lipinski definition) is 3. The lowest BCUT2D eigenvalue weighted by molar-refractivity contribution is 0.460. The maximum Gasteiger partial charge on any atom is 0.238 e. The number of nitrogens with two attached hydrogens (primary N) is 1. The molecule has 0 amide bonds. The molecule has 0 spiro atoms. The summed E-state index contributed by atoms with van der Waals surface area (Å²) in [6.07, 6.45) is 3.82. The monoisotopic (exact) mass is 348 g/mol. The molecule has 0 bridgehead atoms. The number of halogens is 1. The molecule has 0 heterocycles. The molecular formula is C18H21FN2O2S. The molecule has 0 aliphatic heterocycles. The molecule has 3 rings (SSSR count). The van der Waals surface area contributed by atoms with Crippen LogP contribution in [0.15, 0.2) is 47.4 Å². The van der Waals surface area contributed by atoms with Crippen LogP contribution in [0, 0.1) is 5.82 Å². The Balaban J connectivity index is 1.60. The summed E-state index contributed by atoms with van der Waals surface area (Å²) in [5.41, 5.74) is 3.33. The number of primary sulfonamides is 1. The molecule has 0 fully saturated rings. The Kier molecular flexibility index (Phi) is 4.99. The second-order valence-corrected chi connectivity index (χ2v) is 7.74. The predicted molar refractivity (Wildman–Crippen MR) is 91.6 cm³/mol. The lowest BCUT2D eigenvalue weighted by Gasteiger charge is -2.26. The molecule has 1 aliphatic rings. The first-order chi connectivity index (χ1) is 11.4. The molecule has 0 aromatic heterocycles. The second kappa shape index (κ2) is 7.01. The molecule has 6 heteroatoms. The van der Waals surface area contributed by atoms with Gasteiger partial charge in [-0.3, -0.25) is 0 Å². The van der Waals surface area contributed by atoms with E-state index in [1.165, 1.54) is 23.8 Å². The quantitative estimate of drug-likeness (QED) is 0.873. The standard InChI is InChI=1S/C18H21FN2O2S/c19-15-6-9-17-14(12-15)2-1-3-18(17)21-11-10-13-4-7-16(8-5-13)24(20,22)23/h4-9,12,18,21H,1-3,10-11H2,(H2,20,22,23). The fraction of sp³-hybridized carbons (Fsp3) is 0.333. The molecule has 2 aromatic carbocycles. The fourth-order valence-corrected chi connectivity index (χ4v) is 3.75. The van der Waals surface area contributed by atoms with Crippen LogP contribution in [0.2, 0.25) is 0 Å². The van der Waals surface area contributed by atoms with Crippen molar-refractivity contribution in [1.82, 2.24) is 5.32 Å². The van der Waals surface area contributed by atoms with E-state index in [1.807, 2.05) is 6.07 Å². The van der Waals surface area contributed by atoms with E-state index in [0.717, 1.165) is 43.4 Å². The van der Waals surface area contributed by atoms with Crippen molar-refractivity contribution >= 4 is 10.0 Å². The van der Waals surface area contributed by atoms with Gasteiger partial charge in [0.1, 0.15) is 5.82 Å². The first-order valence-electron chi connectivity index (χ1n) is 8.07. The largest absolute Gasteiger partial charge is 0.310 e. The summed E-state index contributed by atoms with van der Waals surface area (Å²) in [4.78, 5) is 0.127. The third-order valence-electron chi connectivity index (χ3n) is 4.48. The number of hydrogen-bond donors (Lipinski definition) is 2. The average Bonchev–Trinajstić information content (AvgIpc) is 2.54. The van der Waals surface area contributed by atoms with E-state index in [-0.39, 0.29) is 16.8 Å². The molecule has 0 saturated carbocycles. The number of sulfonamides is 1. The van der Waals surface area contributed by atoms with E-state index >= 15 is 0 Å². The lowest BCUT2D eigenvalue weighted by atomic mass is 9.87. The maximum absolute atomic E-state index is 13.3. The van der Waals surface area contributed by atoms with Crippen LogP contribution in [0.4, 0.5) is 4.39 Å². The topological polar surface area (TPSA) is 72.2 Å². The van der Waals surface area contributed by atoms with E-state index in [0.29, 0.717) is 0 Å². The summed E-state index contributed by atoms with van der Waals surface area (Å²) in [6, 6.07) is 11.9. The molecule has 4 nitrogen and oxygen atoms in total. The van der Waals surface area contributed by atoms with Crippen molar-refractivity contribution in [3.8, 4) is 0 Å². The highest BCUT2D eigenvalue weighted by molar-refractivity contribution is 7.89. The SMILES string of the molecule is NS(=O)(=O)c1ccc(CCNC2CCCc3cc(F)ccc32)cc1. The number of aryl methyl sites for hydroxylation is 1. The molecule has 1 aliphatic carbocycles. The highest BCUT2D eigenvalue weighted by Gasteiger charge is 2.19. The predicted octanol–water partition coefficient (Wildman–Crippen LogP) is 2.68. The first kappa shape index (κ1) is 17.1. The van der Waals surface area contributed by atoms with Gasteiger partial charge in [-0.1, -0.05) is 18.2 Å². The van der Waals surface area contributed by atoms with Gasteiger partial charge in [-0.25, -0.2) is 17.9 Å². The fourth-order valence-electron chi connectivity index (χ4n) is 3.23. The Labute approximate surface area is 141 Å². The van der Waals surface area contributed by atoms with Gasteiger partial charge in [0.2, 0.25) is 10.0 Å². The normalized spacial score (nSPS) is 17.5. The molecule has 1 atom stereocenters. The van der Waals surface area contributed by atoms with Gasteiger partial charge in [0.15, 0.2) is 0 Å². The van der Waals surface area contributed by atoms with E-state index in [9.17, 15) is 12.8 Å². The summed E-state index contributed by atoms with van der Waals surface area (Å²) < 4.78 is 35.8. The number of rotatable bonds is 5. The van der Waals surface area contributed by atoms with Crippen molar-refractivity contribution in [3.05, 3.63) is 65.0 Å². The second-order valence-electron chi connectivity index (χ2n) is 6.18. The molecule has 1 unspecified atom stereocenters. The smallest absolute Gasteiger partial charge is 0.238 e. The summed E-state index contributed by atoms with van der Waals surface area (Å²) >= 11 is 0. The Hall–Kier alpha value is -1.76. The van der Waals surface area contributed by atoms with Crippen molar-refractivity contribution in [1.29, 1.82) is 0 Å². The number of benzene rings is 2. The van der Waals surface area contributed by atoms with Crippen LogP contribution in [0.25, 0.3) is 0 Å². The van der Waals surface area contributed by atoms with Crippen LogP contribution in [-0.4, -0.2) is 15.0 Å². The van der Waals surface area contributed by atoms with Gasteiger partial charge >= 0.3 is 0 Å². The molecule has 128 valence electrons. The first-order valence-corrected chi connectivity index (χ1v) is 9.61. The third-order valence-corrected chi connectivity index (χ3v) is 5.40. The Morgan fingerprint density at radius 2 is 1.92 bits per heavy atom. The van der Waals surface area contributed by atoms with Crippen molar-refractivity contribution in [2.24, 2.45) is 5.14 Å². The van der Waals surface area contributed by atoms with Gasteiger partial charge in [0, 0.05) is 6.04 Å². The summed E-state index contributed by atoms with van der Waals surface area (Å²) in [5, 5.41) is 8.62. The van der Waals surface area contributed by atoms with Crippen LogP contribution in [0.5, 0.6) is 0 Å². The number of nitrogens with one attached hydrogen (secondary N) is 1. The van der Waals surface area contributed by atoms with E-state index in [4.69, 9.17) is 5.14 Å². The average molecular weight is 348 g/mol. The van der Waals surface area contributed by atoms with Crippen molar-refractivity contribution in [2.75, 3.05) is 6.54 Å². The highest BCUT2D eigenvalue weighted by atomic mass is 32.2. The Bertz CT molecular complexity index is 819. The van der Waals surface area contributed by atoms with E-state index < -0.39 is 10.0 Å². The van der Waals surface area contributed by atoms with Gasteiger partial charge in [0.05, 0.1) is 4.90 Å². The van der Waals surface area contributed by atoms with E-state index in [2.05, 4.69) is 5.32 Å². The zero-order chi connectivity index (χ0) is 17.2. The van der Waals surface area contributed by atoms with Gasteiger partial charge in [-0.2, -0.15) is 0 Å². The molecule has 3 N–H and O–H groups in total. The minimum Gasteiger partial charge on any atom is -0.310 e. The minimum absolute atomic E-state index is 0.127. The Morgan fingerprint density at radius 3 is 2.62 bits per heavy atom. The van der Waals surface area contributed by atoms with Crippen LogP contribution in [-0.2, 0) is 22.9 Å². The summed E-state index contributed by atoms with van der Waals surface area (Å²) in [5.74, 6) is -0.177. The lowest BCUT2D eigenvalue weighted by Crippen LogP contribution is -2.27. The molecule has 0 radical (unpaired) electrons. The van der Waals surface area contributed by atoms with E-state index in [1.54, 1.807) is 18.2 Å². The number of fused-ring (bicyclic) bond motifs is 1. The molecular weight excluding hydrogens is 327 g/mol. The maximum atomic E-state index is 13.3. The van der Waals surface area contributed by atoms with Crippen LogP contribution < -0.4 is 10.5 Å². The van der Waals surface area contributed by atoms with Crippen LogP contribution in [0.3, 0.4) is 0 Å². The summed E-state index contributed by atoms with van der Waals surface area (Å²) in [6.45, 7) is 0.774. The van der Waals surface area contributed by atoms with Gasteiger partial charge in [0.25, 0.3) is 0 Å². The van der Waals surface area contributed by atoms with Crippen LogP contribution >= 0.6 is 0 Å². The highest BCUT2D eigenvalue weighted by Crippen LogP contribution is 2.30. The zero-order valence-electron chi connectivity index (χ0n) is 13.3. The minimum atomic E-state index is -3.64. The van der Waals surface area contributed by atoms with Crippen molar-refractivity contribution in [2.45, 2.75) is 36.6 Å². The van der Waals surface area contributed by atoms with Crippen molar-refractivity contribution < 1.29 is 12.8 Å². The van der Waals surface area contributed by atoms with Crippen LogP contribution in [0.1, 0.15) is 35.6 Å². The summed E-state index contributed by atoms with van der Waals surface area (Å²) in [7, 11) is -3.64. The Morgan fingerprint density at radius 1 is 1.17 bits per heavy atom. The molecule has 0 saturated heterocycles. The molecule has 2 aromatic rings. The molecule has 24 heavy (non-hydrogen) atoms. The van der Waals surface area contributed by atoms with Crippen molar-refractivity contribution in [3.63, 3.8) is 0 Å². The third kappa shape index (κ3) is 4.01. The zero-order valence-corrected chi connectivity index (χ0v) is 14.2.